The van der Waals surface area contributed by atoms with Gasteiger partial charge in [-0.2, -0.15) is 0 Å². The van der Waals surface area contributed by atoms with Crippen molar-refractivity contribution in [1.29, 1.82) is 0 Å². The quantitative estimate of drug-likeness (QED) is 0.599. The van der Waals surface area contributed by atoms with Crippen LogP contribution in [0.3, 0.4) is 0 Å². The molecule has 1 heterocycles. The minimum absolute atomic E-state index is 0.178. The van der Waals surface area contributed by atoms with Crippen LogP contribution in [0.15, 0.2) is 29.4 Å². The topological polar surface area (TPSA) is 30.8 Å². The van der Waals surface area contributed by atoms with Crippen LogP contribution in [0, 0.1) is 0 Å². The third kappa shape index (κ3) is 2.97. The lowest BCUT2D eigenvalue weighted by Crippen LogP contribution is -2.08. The fourth-order valence-corrected chi connectivity index (χ4v) is 1.64. The summed E-state index contributed by atoms with van der Waals surface area (Å²) in [6.45, 7) is 2.67. The first-order chi connectivity index (χ1) is 7.75. The molecule has 0 amide bonds. The third-order valence-corrected chi connectivity index (χ3v) is 2.71. The van der Waals surface area contributed by atoms with Crippen LogP contribution in [0.25, 0.3) is 0 Å². The predicted octanol–water partition coefficient (Wildman–Crippen LogP) is 3.22. The maximum Gasteiger partial charge on any atom is 0.226 e. The number of nitrogens with zero attached hydrogens (tertiary/aromatic N) is 1. The van der Waals surface area contributed by atoms with Crippen molar-refractivity contribution in [2.45, 2.75) is 26.1 Å². The summed E-state index contributed by atoms with van der Waals surface area (Å²) in [5.74, 6) is 0. The van der Waals surface area contributed by atoms with Crippen molar-refractivity contribution in [1.82, 2.24) is 0 Å². The Bertz CT molecular complexity index is 369. The predicted molar refractivity (Wildman–Crippen MR) is 63.7 cm³/mol. The van der Waals surface area contributed by atoms with Gasteiger partial charge in [0.05, 0.1) is 12.3 Å². The number of benzene rings is 1. The van der Waals surface area contributed by atoms with E-state index >= 15 is 0 Å². The molecule has 1 aromatic carbocycles. The van der Waals surface area contributed by atoms with Gasteiger partial charge in [0.25, 0.3) is 0 Å². The van der Waals surface area contributed by atoms with Crippen LogP contribution in [0.5, 0.6) is 0 Å². The van der Waals surface area contributed by atoms with Gasteiger partial charge in [-0.3, -0.25) is 0 Å². The number of halogens is 1. The van der Waals surface area contributed by atoms with Gasteiger partial charge in [0.2, 0.25) is 6.29 Å². The van der Waals surface area contributed by atoms with Crippen molar-refractivity contribution < 1.29 is 9.57 Å². The molecule has 1 aromatic rings. The maximum absolute atomic E-state index is 5.81. The largest absolute Gasteiger partial charge is 0.363 e. The summed E-state index contributed by atoms with van der Waals surface area (Å²) in [6, 6.07) is 7.50. The van der Waals surface area contributed by atoms with Gasteiger partial charge >= 0.3 is 0 Å². The zero-order chi connectivity index (χ0) is 11.4. The molecule has 1 aliphatic heterocycles. The van der Waals surface area contributed by atoms with E-state index in [0.29, 0.717) is 0 Å². The summed E-state index contributed by atoms with van der Waals surface area (Å²) in [4.78, 5) is 5.28. The first-order valence-corrected chi connectivity index (χ1v) is 5.71. The number of hydrogen-bond acceptors (Lipinski definition) is 3. The maximum atomic E-state index is 5.81. The van der Waals surface area contributed by atoms with Gasteiger partial charge in [-0.25, -0.2) is 0 Å². The second kappa shape index (κ2) is 5.32. The van der Waals surface area contributed by atoms with E-state index in [1.54, 1.807) is 0 Å². The minimum Gasteiger partial charge on any atom is -0.363 e. The number of rotatable bonds is 3. The Labute approximate surface area is 100.0 Å². The Hall–Kier alpha value is -1.06. The molecular formula is C12H14ClNO2. The molecule has 2 rings (SSSR count). The zero-order valence-electron chi connectivity index (χ0n) is 9.15. The van der Waals surface area contributed by atoms with Crippen molar-refractivity contribution in [3.8, 4) is 0 Å². The molecule has 0 spiro atoms. The molecule has 4 heteroatoms. The minimum atomic E-state index is -0.178. The van der Waals surface area contributed by atoms with Crippen molar-refractivity contribution in [3.05, 3.63) is 34.9 Å². The molecule has 1 fully saturated rings. The van der Waals surface area contributed by atoms with Crippen LogP contribution in [-0.2, 0) is 9.57 Å². The Morgan fingerprint density at radius 2 is 2.19 bits per heavy atom. The second-order valence-electron chi connectivity index (χ2n) is 3.73. The number of ether oxygens (including phenoxy) is 1. The lowest BCUT2D eigenvalue weighted by atomic mass is 10.1. The smallest absolute Gasteiger partial charge is 0.226 e. The van der Waals surface area contributed by atoms with E-state index in [2.05, 4.69) is 5.16 Å². The van der Waals surface area contributed by atoms with E-state index in [9.17, 15) is 0 Å². The standard InChI is InChI=1S/C12H14ClNO2/c1-9(10-4-6-11(13)7-5-10)14-16-12-3-2-8-15-12/h4-7,12H,2-3,8H2,1H3. The summed E-state index contributed by atoms with van der Waals surface area (Å²) in [5.41, 5.74) is 1.83. The molecule has 3 nitrogen and oxygen atoms in total. The molecule has 0 aliphatic carbocycles. The summed E-state index contributed by atoms with van der Waals surface area (Å²) in [5, 5.41) is 4.77. The fraction of sp³-hybridized carbons (Fsp3) is 0.417. The van der Waals surface area contributed by atoms with Gasteiger partial charge < -0.3 is 9.57 Å². The van der Waals surface area contributed by atoms with Crippen molar-refractivity contribution in [2.75, 3.05) is 6.61 Å². The SMILES string of the molecule is CC(=NOC1CCCO1)c1ccc(Cl)cc1. The summed E-state index contributed by atoms with van der Waals surface area (Å²) >= 11 is 5.81. The second-order valence-corrected chi connectivity index (χ2v) is 4.17. The summed E-state index contributed by atoms with van der Waals surface area (Å²) in [7, 11) is 0. The Kier molecular flexibility index (Phi) is 3.80. The van der Waals surface area contributed by atoms with E-state index in [-0.39, 0.29) is 6.29 Å². The zero-order valence-corrected chi connectivity index (χ0v) is 9.91. The molecule has 1 unspecified atom stereocenters. The highest BCUT2D eigenvalue weighted by Crippen LogP contribution is 2.14. The van der Waals surface area contributed by atoms with Crippen molar-refractivity contribution >= 4 is 17.3 Å². The van der Waals surface area contributed by atoms with Gasteiger partial charge in [0, 0.05) is 11.4 Å². The van der Waals surface area contributed by atoms with E-state index in [4.69, 9.17) is 21.2 Å². The van der Waals surface area contributed by atoms with Crippen LogP contribution >= 0.6 is 11.6 Å². The molecule has 0 aromatic heterocycles. The molecule has 1 aliphatic rings. The molecule has 0 radical (unpaired) electrons. The van der Waals surface area contributed by atoms with Gasteiger partial charge in [-0.05, 0) is 31.0 Å². The summed E-state index contributed by atoms with van der Waals surface area (Å²) < 4.78 is 5.31. The monoisotopic (exact) mass is 239 g/mol. The third-order valence-electron chi connectivity index (χ3n) is 2.46. The van der Waals surface area contributed by atoms with E-state index in [1.165, 1.54) is 0 Å². The highest BCUT2D eigenvalue weighted by atomic mass is 35.5. The highest BCUT2D eigenvalue weighted by Gasteiger charge is 2.16. The van der Waals surface area contributed by atoms with E-state index < -0.39 is 0 Å². The van der Waals surface area contributed by atoms with Crippen molar-refractivity contribution in [3.63, 3.8) is 0 Å². The van der Waals surface area contributed by atoms with Crippen LogP contribution < -0.4 is 0 Å². The number of oxime groups is 1. The molecule has 1 saturated heterocycles. The average Bonchev–Trinajstić information content (AvgIpc) is 2.80. The lowest BCUT2D eigenvalue weighted by molar-refractivity contribution is -0.110. The first kappa shape index (κ1) is 11.4. The fourth-order valence-electron chi connectivity index (χ4n) is 1.51. The Morgan fingerprint density at radius 1 is 1.44 bits per heavy atom. The van der Waals surface area contributed by atoms with Crippen LogP contribution in [0.4, 0.5) is 0 Å². The summed E-state index contributed by atoms with van der Waals surface area (Å²) in [6.07, 6.45) is 1.78. The molecule has 0 bridgehead atoms. The first-order valence-electron chi connectivity index (χ1n) is 5.33. The Morgan fingerprint density at radius 3 is 2.81 bits per heavy atom. The lowest BCUT2D eigenvalue weighted by Gasteiger charge is -2.07. The Balaban J connectivity index is 1.97. The molecule has 0 N–H and O–H groups in total. The van der Waals surface area contributed by atoms with E-state index in [0.717, 1.165) is 35.7 Å². The molecule has 16 heavy (non-hydrogen) atoms. The van der Waals surface area contributed by atoms with Gasteiger partial charge in [-0.15, -0.1) is 0 Å². The molecule has 86 valence electrons. The van der Waals surface area contributed by atoms with Gasteiger partial charge in [-0.1, -0.05) is 28.9 Å². The number of hydrogen-bond donors (Lipinski definition) is 0. The van der Waals surface area contributed by atoms with Crippen molar-refractivity contribution in [2.24, 2.45) is 5.16 Å². The average molecular weight is 240 g/mol. The van der Waals surface area contributed by atoms with Crippen LogP contribution in [-0.4, -0.2) is 18.6 Å². The normalized spacial score (nSPS) is 21.1. The van der Waals surface area contributed by atoms with Crippen LogP contribution in [0.2, 0.25) is 5.02 Å². The van der Waals surface area contributed by atoms with Gasteiger partial charge in [0.15, 0.2) is 0 Å². The highest BCUT2D eigenvalue weighted by molar-refractivity contribution is 6.30. The van der Waals surface area contributed by atoms with Crippen LogP contribution in [0.1, 0.15) is 25.3 Å². The van der Waals surface area contributed by atoms with E-state index in [1.807, 2.05) is 31.2 Å². The van der Waals surface area contributed by atoms with Gasteiger partial charge in [0.1, 0.15) is 0 Å². The molecule has 1 atom stereocenters. The molecular weight excluding hydrogens is 226 g/mol. The molecule has 0 saturated carbocycles.